The van der Waals surface area contributed by atoms with Gasteiger partial charge in [0.1, 0.15) is 5.82 Å². The number of nitrogens with one attached hydrogen (secondary N) is 1. The first kappa shape index (κ1) is 17.6. The zero-order valence-electron chi connectivity index (χ0n) is 14.4. The fraction of sp³-hybridized carbons (Fsp3) is 0.350. The van der Waals surface area contributed by atoms with Gasteiger partial charge in [0.05, 0.1) is 19.3 Å². The Morgan fingerprint density at radius 2 is 1.92 bits per heavy atom. The largest absolute Gasteiger partial charge is 0.379 e. The van der Waals surface area contributed by atoms with Gasteiger partial charge in [0.25, 0.3) is 5.91 Å². The zero-order chi connectivity index (χ0) is 17.6. The lowest BCUT2D eigenvalue weighted by Crippen LogP contribution is -2.35. The topological polar surface area (TPSA) is 41.6 Å². The number of amides is 1. The van der Waals surface area contributed by atoms with Gasteiger partial charge in [0, 0.05) is 25.2 Å². The first-order valence-corrected chi connectivity index (χ1v) is 8.57. The van der Waals surface area contributed by atoms with Crippen molar-refractivity contribution in [3.8, 4) is 0 Å². The highest BCUT2D eigenvalue weighted by atomic mass is 19.1. The van der Waals surface area contributed by atoms with E-state index in [1.54, 1.807) is 12.1 Å². The quantitative estimate of drug-likeness (QED) is 0.908. The summed E-state index contributed by atoms with van der Waals surface area (Å²) in [5.41, 5.74) is 2.63. The van der Waals surface area contributed by atoms with Crippen LogP contribution in [0.15, 0.2) is 48.5 Å². The molecule has 1 heterocycles. The van der Waals surface area contributed by atoms with Crippen LogP contribution in [0, 0.1) is 5.82 Å². The summed E-state index contributed by atoms with van der Waals surface area (Å²) in [6, 6.07) is 13.7. The lowest BCUT2D eigenvalue weighted by Gasteiger charge is -2.26. The molecule has 25 heavy (non-hydrogen) atoms. The maximum absolute atomic E-state index is 13.0. The van der Waals surface area contributed by atoms with E-state index in [0.717, 1.165) is 44.0 Å². The number of rotatable bonds is 5. The van der Waals surface area contributed by atoms with E-state index in [2.05, 4.69) is 10.2 Å². The standard InChI is InChI=1S/C20H23FN2O2/c1-15(17-5-7-19(21)8-6-17)22-20(24)18-4-2-3-16(13-18)14-23-9-11-25-12-10-23/h2-8,13,15H,9-12,14H2,1H3,(H,22,24)/t15-/m0/s1. The summed E-state index contributed by atoms with van der Waals surface area (Å²) in [5.74, 6) is -0.404. The van der Waals surface area contributed by atoms with Gasteiger partial charge in [-0.15, -0.1) is 0 Å². The van der Waals surface area contributed by atoms with Crippen LogP contribution < -0.4 is 5.32 Å². The molecule has 0 aromatic heterocycles. The minimum atomic E-state index is -0.280. The molecule has 2 aromatic rings. The van der Waals surface area contributed by atoms with Gasteiger partial charge in [-0.2, -0.15) is 0 Å². The van der Waals surface area contributed by atoms with E-state index in [0.29, 0.717) is 5.56 Å². The zero-order valence-corrected chi connectivity index (χ0v) is 14.4. The Morgan fingerprint density at radius 3 is 2.64 bits per heavy atom. The second-order valence-corrected chi connectivity index (χ2v) is 6.34. The Kier molecular flexibility index (Phi) is 5.79. The third kappa shape index (κ3) is 4.87. The number of benzene rings is 2. The van der Waals surface area contributed by atoms with Crippen molar-refractivity contribution >= 4 is 5.91 Å². The first-order valence-electron chi connectivity index (χ1n) is 8.57. The van der Waals surface area contributed by atoms with Crippen LogP contribution in [0.5, 0.6) is 0 Å². The van der Waals surface area contributed by atoms with Gasteiger partial charge < -0.3 is 10.1 Å². The molecule has 4 nitrogen and oxygen atoms in total. The van der Waals surface area contributed by atoms with Crippen molar-refractivity contribution in [3.63, 3.8) is 0 Å². The van der Waals surface area contributed by atoms with Crippen molar-refractivity contribution in [2.75, 3.05) is 26.3 Å². The molecular formula is C20H23FN2O2. The number of nitrogens with zero attached hydrogens (tertiary/aromatic N) is 1. The summed E-state index contributed by atoms with van der Waals surface area (Å²) < 4.78 is 18.4. The first-order chi connectivity index (χ1) is 12.1. The van der Waals surface area contributed by atoms with Crippen LogP contribution in [0.3, 0.4) is 0 Å². The van der Waals surface area contributed by atoms with Crippen LogP contribution in [-0.4, -0.2) is 37.1 Å². The Hall–Kier alpha value is -2.24. The molecule has 0 unspecified atom stereocenters. The number of ether oxygens (including phenoxy) is 1. The lowest BCUT2D eigenvalue weighted by molar-refractivity contribution is 0.0342. The molecule has 0 radical (unpaired) electrons. The van der Waals surface area contributed by atoms with Crippen LogP contribution in [0.25, 0.3) is 0 Å². The average Bonchev–Trinajstić information content (AvgIpc) is 2.63. The minimum Gasteiger partial charge on any atom is -0.379 e. The highest BCUT2D eigenvalue weighted by molar-refractivity contribution is 5.94. The van der Waals surface area contributed by atoms with E-state index in [9.17, 15) is 9.18 Å². The molecule has 1 aliphatic rings. The van der Waals surface area contributed by atoms with Gasteiger partial charge in [0.2, 0.25) is 0 Å². The van der Waals surface area contributed by atoms with Gasteiger partial charge in [-0.3, -0.25) is 9.69 Å². The number of carbonyl (C=O) groups excluding carboxylic acids is 1. The summed E-state index contributed by atoms with van der Waals surface area (Å²) in [6.45, 7) is 6.06. The summed E-state index contributed by atoms with van der Waals surface area (Å²) in [4.78, 5) is 14.8. The van der Waals surface area contributed by atoms with Crippen LogP contribution in [0.1, 0.15) is 34.5 Å². The molecular weight excluding hydrogens is 319 g/mol. The van der Waals surface area contributed by atoms with Gasteiger partial charge in [-0.1, -0.05) is 24.3 Å². The summed E-state index contributed by atoms with van der Waals surface area (Å²) >= 11 is 0. The molecule has 0 spiro atoms. The fourth-order valence-electron chi connectivity index (χ4n) is 2.94. The SMILES string of the molecule is C[C@H](NC(=O)c1cccc(CN2CCOCC2)c1)c1ccc(F)cc1. The van der Waals surface area contributed by atoms with E-state index in [4.69, 9.17) is 4.74 Å². The number of hydrogen-bond donors (Lipinski definition) is 1. The number of carbonyl (C=O) groups is 1. The molecule has 0 bridgehead atoms. The molecule has 1 saturated heterocycles. The van der Waals surface area contributed by atoms with Crippen molar-refractivity contribution < 1.29 is 13.9 Å². The molecule has 1 amide bonds. The van der Waals surface area contributed by atoms with Crippen LogP contribution in [0.2, 0.25) is 0 Å². The Morgan fingerprint density at radius 1 is 1.20 bits per heavy atom. The maximum atomic E-state index is 13.0. The van der Waals surface area contributed by atoms with Crippen molar-refractivity contribution in [2.24, 2.45) is 0 Å². The Balaban J connectivity index is 1.63. The van der Waals surface area contributed by atoms with E-state index >= 15 is 0 Å². The maximum Gasteiger partial charge on any atom is 0.251 e. The molecule has 132 valence electrons. The van der Waals surface area contributed by atoms with Crippen molar-refractivity contribution in [1.29, 1.82) is 0 Å². The molecule has 1 aliphatic heterocycles. The van der Waals surface area contributed by atoms with Gasteiger partial charge >= 0.3 is 0 Å². The fourth-order valence-corrected chi connectivity index (χ4v) is 2.94. The van der Waals surface area contributed by atoms with Crippen LogP contribution >= 0.6 is 0 Å². The average molecular weight is 342 g/mol. The van der Waals surface area contributed by atoms with E-state index < -0.39 is 0 Å². The van der Waals surface area contributed by atoms with Gasteiger partial charge in [-0.25, -0.2) is 4.39 Å². The molecule has 1 fully saturated rings. The van der Waals surface area contributed by atoms with Gasteiger partial charge in [-0.05, 0) is 42.3 Å². The highest BCUT2D eigenvalue weighted by Crippen LogP contribution is 2.15. The molecule has 1 N–H and O–H groups in total. The number of halogens is 1. The molecule has 0 aliphatic carbocycles. The van der Waals surface area contributed by atoms with Crippen molar-refractivity contribution in [1.82, 2.24) is 10.2 Å². The third-order valence-corrected chi connectivity index (χ3v) is 4.42. The number of morpholine rings is 1. The summed E-state index contributed by atoms with van der Waals surface area (Å²) in [5, 5.41) is 2.97. The molecule has 3 rings (SSSR count). The highest BCUT2D eigenvalue weighted by Gasteiger charge is 2.14. The molecule has 1 atom stereocenters. The Labute approximate surface area is 147 Å². The van der Waals surface area contributed by atoms with Crippen LogP contribution in [-0.2, 0) is 11.3 Å². The van der Waals surface area contributed by atoms with Crippen molar-refractivity contribution in [3.05, 3.63) is 71.0 Å². The predicted molar refractivity (Wildman–Crippen MR) is 94.8 cm³/mol. The van der Waals surface area contributed by atoms with E-state index in [1.165, 1.54) is 12.1 Å². The van der Waals surface area contributed by atoms with E-state index in [1.807, 2.05) is 31.2 Å². The molecule has 0 saturated carbocycles. The van der Waals surface area contributed by atoms with Gasteiger partial charge in [0.15, 0.2) is 0 Å². The van der Waals surface area contributed by atoms with Crippen LogP contribution in [0.4, 0.5) is 4.39 Å². The predicted octanol–water partition coefficient (Wildman–Crippen LogP) is 3.15. The smallest absolute Gasteiger partial charge is 0.251 e. The normalized spacial score (nSPS) is 16.4. The number of hydrogen-bond acceptors (Lipinski definition) is 3. The summed E-state index contributed by atoms with van der Waals surface area (Å²) in [6.07, 6.45) is 0. The molecule has 2 aromatic carbocycles. The second kappa shape index (κ2) is 8.23. The third-order valence-electron chi connectivity index (χ3n) is 4.42. The summed E-state index contributed by atoms with van der Waals surface area (Å²) in [7, 11) is 0. The van der Waals surface area contributed by atoms with E-state index in [-0.39, 0.29) is 17.8 Å². The monoisotopic (exact) mass is 342 g/mol. The molecule has 5 heteroatoms. The minimum absolute atomic E-state index is 0.124. The second-order valence-electron chi connectivity index (χ2n) is 6.34. The Bertz CT molecular complexity index is 712. The lowest BCUT2D eigenvalue weighted by atomic mass is 10.1. The van der Waals surface area contributed by atoms with Crippen molar-refractivity contribution in [2.45, 2.75) is 19.5 Å².